The minimum atomic E-state index is 0.258. The van der Waals surface area contributed by atoms with Crippen molar-refractivity contribution in [2.75, 3.05) is 0 Å². The van der Waals surface area contributed by atoms with Gasteiger partial charge in [-0.25, -0.2) is 0 Å². The van der Waals surface area contributed by atoms with Gasteiger partial charge in [-0.05, 0) is 36.4 Å². The third-order valence-electron chi connectivity index (χ3n) is 3.22. The summed E-state index contributed by atoms with van der Waals surface area (Å²) in [5, 5.41) is 29.8. The highest BCUT2D eigenvalue weighted by atomic mass is 32.1. The molecule has 0 aliphatic rings. The van der Waals surface area contributed by atoms with Crippen LogP contribution in [-0.2, 0) is 0 Å². The standard InChI is InChI=1S/C12H8O2S.C6H6O/c13-7-4-5-8-9-2-1-3-10(14)12(9)15-11(8)6-7;7-6-4-2-1-3-5-6/h1-6,13-14H;1-5,7H. The molecule has 0 radical (unpaired) electrons. The van der Waals surface area contributed by atoms with Crippen LogP contribution in [-0.4, -0.2) is 15.3 Å². The Morgan fingerprint density at radius 2 is 1.41 bits per heavy atom. The van der Waals surface area contributed by atoms with Crippen LogP contribution in [0.4, 0.5) is 0 Å². The molecule has 22 heavy (non-hydrogen) atoms. The Kier molecular flexibility index (Phi) is 3.85. The van der Waals surface area contributed by atoms with Crippen molar-refractivity contribution < 1.29 is 15.3 Å². The van der Waals surface area contributed by atoms with Gasteiger partial charge in [-0.15, -0.1) is 11.3 Å². The van der Waals surface area contributed by atoms with Gasteiger partial charge in [-0.3, -0.25) is 0 Å². The summed E-state index contributed by atoms with van der Waals surface area (Å²) in [6, 6.07) is 19.5. The Morgan fingerprint density at radius 1 is 0.636 bits per heavy atom. The van der Waals surface area contributed by atoms with Gasteiger partial charge in [0, 0.05) is 15.5 Å². The fourth-order valence-corrected chi connectivity index (χ4v) is 3.35. The molecule has 0 unspecified atom stereocenters. The molecule has 4 aromatic rings. The SMILES string of the molecule is Oc1ccc2c(c1)sc1c(O)cccc12.Oc1ccccc1. The van der Waals surface area contributed by atoms with E-state index in [9.17, 15) is 10.2 Å². The second-order valence-electron chi connectivity index (χ2n) is 4.77. The zero-order valence-electron chi connectivity index (χ0n) is 11.6. The van der Waals surface area contributed by atoms with Crippen molar-refractivity contribution in [1.29, 1.82) is 0 Å². The van der Waals surface area contributed by atoms with E-state index >= 15 is 0 Å². The van der Waals surface area contributed by atoms with Crippen LogP contribution in [0.1, 0.15) is 0 Å². The molecule has 1 aromatic heterocycles. The average Bonchev–Trinajstić information content (AvgIpc) is 2.88. The fraction of sp³-hybridized carbons (Fsp3) is 0. The Morgan fingerprint density at radius 3 is 2.09 bits per heavy atom. The lowest BCUT2D eigenvalue weighted by Crippen LogP contribution is -1.67. The molecular formula is C18H14O3S. The van der Waals surface area contributed by atoms with Crippen molar-refractivity contribution in [1.82, 2.24) is 0 Å². The van der Waals surface area contributed by atoms with E-state index in [0.29, 0.717) is 11.5 Å². The molecule has 0 fully saturated rings. The maximum atomic E-state index is 9.69. The predicted octanol–water partition coefficient (Wildman–Crippen LogP) is 4.86. The highest BCUT2D eigenvalue weighted by Gasteiger charge is 2.07. The number of thiophene rings is 1. The van der Waals surface area contributed by atoms with E-state index in [2.05, 4.69) is 0 Å². The summed E-state index contributed by atoms with van der Waals surface area (Å²) in [5.74, 6) is 0.879. The second kappa shape index (κ2) is 5.95. The maximum absolute atomic E-state index is 9.69. The van der Waals surface area contributed by atoms with Gasteiger partial charge >= 0.3 is 0 Å². The number of hydrogen-bond acceptors (Lipinski definition) is 4. The molecule has 3 nitrogen and oxygen atoms in total. The number of phenolic OH excluding ortho intramolecular Hbond substituents is 3. The zero-order chi connectivity index (χ0) is 15.5. The molecule has 4 rings (SSSR count). The third kappa shape index (κ3) is 2.82. The van der Waals surface area contributed by atoms with Crippen molar-refractivity contribution in [3.8, 4) is 17.2 Å². The van der Waals surface area contributed by atoms with E-state index in [1.165, 1.54) is 11.3 Å². The molecule has 0 saturated carbocycles. The lowest BCUT2D eigenvalue weighted by atomic mass is 10.1. The molecule has 0 amide bonds. The molecule has 0 aliphatic carbocycles. The number of phenols is 3. The maximum Gasteiger partial charge on any atom is 0.133 e. The van der Waals surface area contributed by atoms with Crippen LogP contribution in [0.2, 0.25) is 0 Å². The van der Waals surface area contributed by atoms with Crippen LogP contribution in [0.15, 0.2) is 66.7 Å². The van der Waals surface area contributed by atoms with E-state index in [1.54, 1.807) is 42.5 Å². The predicted molar refractivity (Wildman–Crippen MR) is 90.8 cm³/mol. The van der Waals surface area contributed by atoms with Gasteiger partial charge in [-0.1, -0.05) is 30.3 Å². The first kappa shape index (κ1) is 14.2. The van der Waals surface area contributed by atoms with Crippen LogP contribution in [0.5, 0.6) is 17.2 Å². The van der Waals surface area contributed by atoms with Gasteiger partial charge in [0.2, 0.25) is 0 Å². The van der Waals surface area contributed by atoms with Crippen LogP contribution >= 0.6 is 11.3 Å². The molecule has 110 valence electrons. The van der Waals surface area contributed by atoms with Crippen LogP contribution in [0, 0.1) is 0 Å². The minimum Gasteiger partial charge on any atom is -0.508 e. The van der Waals surface area contributed by atoms with E-state index in [4.69, 9.17) is 5.11 Å². The van der Waals surface area contributed by atoms with E-state index < -0.39 is 0 Å². The van der Waals surface area contributed by atoms with Gasteiger partial charge in [0.05, 0.1) is 4.70 Å². The number of fused-ring (bicyclic) bond motifs is 3. The van der Waals surface area contributed by atoms with Crippen molar-refractivity contribution in [3.63, 3.8) is 0 Å². The molecule has 0 spiro atoms. The second-order valence-corrected chi connectivity index (χ2v) is 5.82. The first-order valence-corrected chi connectivity index (χ1v) is 7.54. The molecule has 1 heterocycles. The smallest absolute Gasteiger partial charge is 0.133 e. The van der Waals surface area contributed by atoms with Gasteiger partial charge in [0.1, 0.15) is 17.2 Å². The highest BCUT2D eigenvalue weighted by Crippen LogP contribution is 2.39. The fourth-order valence-electron chi connectivity index (χ4n) is 2.20. The van der Waals surface area contributed by atoms with Crippen LogP contribution < -0.4 is 0 Å². The Labute approximate surface area is 131 Å². The zero-order valence-corrected chi connectivity index (χ0v) is 12.4. The summed E-state index contributed by atoms with van der Waals surface area (Å²) in [7, 11) is 0. The number of benzene rings is 3. The van der Waals surface area contributed by atoms with Gasteiger partial charge in [-0.2, -0.15) is 0 Å². The number of hydrogen-bond donors (Lipinski definition) is 3. The van der Waals surface area contributed by atoms with E-state index in [1.807, 2.05) is 24.3 Å². The summed E-state index contributed by atoms with van der Waals surface area (Å²) in [5.41, 5.74) is 0. The molecular weight excluding hydrogens is 296 g/mol. The summed E-state index contributed by atoms with van der Waals surface area (Å²) in [4.78, 5) is 0. The quantitative estimate of drug-likeness (QED) is 0.435. The topological polar surface area (TPSA) is 60.7 Å². The monoisotopic (exact) mass is 310 g/mol. The van der Waals surface area contributed by atoms with E-state index in [0.717, 1.165) is 20.2 Å². The first-order valence-electron chi connectivity index (χ1n) is 6.72. The van der Waals surface area contributed by atoms with Crippen LogP contribution in [0.25, 0.3) is 20.2 Å². The lowest BCUT2D eigenvalue weighted by Gasteiger charge is -1.93. The molecule has 3 N–H and O–H groups in total. The van der Waals surface area contributed by atoms with Gasteiger partial charge < -0.3 is 15.3 Å². The molecule has 0 aliphatic heterocycles. The largest absolute Gasteiger partial charge is 0.508 e. The third-order valence-corrected chi connectivity index (χ3v) is 4.41. The summed E-state index contributed by atoms with van der Waals surface area (Å²) >= 11 is 1.49. The molecule has 4 heteroatoms. The first-order chi connectivity index (χ1) is 10.6. The average molecular weight is 310 g/mol. The number of aromatic hydroxyl groups is 3. The number of para-hydroxylation sites is 1. The van der Waals surface area contributed by atoms with Gasteiger partial charge in [0.25, 0.3) is 0 Å². The Bertz CT molecular complexity index is 914. The van der Waals surface area contributed by atoms with Crippen LogP contribution in [0.3, 0.4) is 0 Å². The Balaban J connectivity index is 0.000000174. The summed E-state index contributed by atoms with van der Waals surface area (Å²) < 4.78 is 1.87. The van der Waals surface area contributed by atoms with Crippen molar-refractivity contribution in [2.45, 2.75) is 0 Å². The Hall–Kier alpha value is -2.72. The molecule has 0 atom stereocenters. The van der Waals surface area contributed by atoms with Gasteiger partial charge in [0.15, 0.2) is 0 Å². The molecule has 0 bridgehead atoms. The van der Waals surface area contributed by atoms with E-state index in [-0.39, 0.29) is 5.75 Å². The lowest BCUT2D eigenvalue weighted by molar-refractivity contribution is 0.475. The van der Waals surface area contributed by atoms with Crippen molar-refractivity contribution >= 4 is 31.5 Å². The molecule has 3 aromatic carbocycles. The minimum absolute atomic E-state index is 0.258. The van der Waals surface area contributed by atoms with Crippen molar-refractivity contribution in [2.24, 2.45) is 0 Å². The summed E-state index contributed by atoms with van der Waals surface area (Å²) in [6.07, 6.45) is 0. The number of rotatable bonds is 0. The molecule has 0 saturated heterocycles. The normalized spacial score (nSPS) is 10.4. The van der Waals surface area contributed by atoms with Crippen molar-refractivity contribution in [3.05, 3.63) is 66.7 Å². The highest BCUT2D eigenvalue weighted by molar-refractivity contribution is 7.26. The summed E-state index contributed by atoms with van der Waals surface area (Å²) in [6.45, 7) is 0.